The molecule has 1 saturated carbocycles. The summed E-state index contributed by atoms with van der Waals surface area (Å²) in [5.74, 6) is 0.0325. The largest absolute Gasteiger partial charge is 0.353 e. The van der Waals surface area contributed by atoms with Gasteiger partial charge in [-0.1, -0.05) is 11.6 Å². The molecule has 1 aromatic rings. The van der Waals surface area contributed by atoms with E-state index >= 15 is 0 Å². The number of anilines is 1. The number of nitrogens with one attached hydrogen (secondary N) is 1. The van der Waals surface area contributed by atoms with Gasteiger partial charge in [-0.05, 0) is 49.4 Å². The fourth-order valence-electron chi connectivity index (χ4n) is 4.47. The van der Waals surface area contributed by atoms with Crippen LogP contribution in [0.2, 0.25) is 5.02 Å². The second kappa shape index (κ2) is 4.23. The predicted octanol–water partition coefficient (Wildman–Crippen LogP) is 2.29. The molecule has 0 unspecified atom stereocenters. The van der Waals surface area contributed by atoms with Crippen molar-refractivity contribution in [2.75, 3.05) is 4.90 Å². The lowest BCUT2D eigenvalue weighted by Gasteiger charge is -2.45. The monoisotopic (exact) mass is 304 g/mol. The number of nitrogens with zero attached hydrogens (tertiary/aromatic N) is 1. The van der Waals surface area contributed by atoms with Crippen molar-refractivity contribution in [3.8, 4) is 0 Å². The summed E-state index contributed by atoms with van der Waals surface area (Å²) >= 11 is 6.06. The van der Waals surface area contributed by atoms with E-state index in [1.807, 2.05) is 23.1 Å². The number of hydrogen-bond acceptors (Lipinski definition) is 2. The van der Waals surface area contributed by atoms with Crippen molar-refractivity contribution in [1.82, 2.24) is 5.32 Å². The number of halogens is 1. The van der Waals surface area contributed by atoms with Crippen molar-refractivity contribution in [3.05, 3.63) is 28.8 Å². The van der Waals surface area contributed by atoms with E-state index in [2.05, 4.69) is 5.32 Å². The average molecular weight is 305 g/mol. The van der Waals surface area contributed by atoms with Crippen molar-refractivity contribution >= 4 is 29.1 Å². The summed E-state index contributed by atoms with van der Waals surface area (Å²) in [6.07, 6.45) is 3.63. The fraction of sp³-hybridized carbons (Fsp3) is 0.500. The minimum Gasteiger partial charge on any atom is -0.353 e. The maximum Gasteiger partial charge on any atom is 0.232 e. The Morgan fingerprint density at radius 2 is 2.24 bits per heavy atom. The Bertz CT molecular complexity index is 660. The van der Waals surface area contributed by atoms with Gasteiger partial charge in [0.1, 0.15) is 0 Å². The fourth-order valence-corrected chi connectivity index (χ4v) is 4.67. The van der Waals surface area contributed by atoms with Crippen LogP contribution >= 0.6 is 11.6 Å². The zero-order chi connectivity index (χ0) is 14.8. The van der Waals surface area contributed by atoms with Crippen LogP contribution in [0.25, 0.3) is 0 Å². The number of amides is 2. The number of hydrogen-bond donors (Lipinski definition) is 1. The normalized spacial score (nSPS) is 32.9. The summed E-state index contributed by atoms with van der Waals surface area (Å²) in [6, 6.07) is 5.78. The van der Waals surface area contributed by atoms with E-state index in [4.69, 9.17) is 11.6 Å². The molecule has 4 nitrogen and oxygen atoms in total. The van der Waals surface area contributed by atoms with Gasteiger partial charge in [-0.3, -0.25) is 9.59 Å². The lowest BCUT2D eigenvalue weighted by Crippen LogP contribution is -2.56. The van der Waals surface area contributed by atoms with E-state index < -0.39 is 0 Å². The van der Waals surface area contributed by atoms with Crippen LogP contribution in [-0.4, -0.2) is 23.4 Å². The molecule has 3 aliphatic rings. The minimum atomic E-state index is -0.101. The molecule has 3 atom stereocenters. The number of fused-ring (bicyclic) bond motifs is 3. The molecule has 1 saturated heterocycles. The summed E-state index contributed by atoms with van der Waals surface area (Å²) in [5.41, 5.74) is 2.07. The molecule has 2 amide bonds. The Kier molecular flexibility index (Phi) is 2.65. The van der Waals surface area contributed by atoms with Crippen LogP contribution in [0, 0.1) is 5.92 Å². The van der Waals surface area contributed by atoms with E-state index in [1.165, 1.54) is 6.92 Å². The number of piperidine rings is 1. The van der Waals surface area contributed by atoms with E-state index in [9.17, 15) is 9.59 Å². The van der Waals surface area contributed by atoms with Crippen LogP contribution in [0.4, 0.5) is 5.69 Å². The lowest BCUT2D eigenvalue weighted by molar-refractivity contribution is -0.124. The molecule has 2 fully saturated rings. The van der Waals surface area contributed by atoms with Gasteiger partial charge in [0.05, 0.1) is 11.5 Å². The summed E-state index contributed by atoms with van der Waals surface area (Å²) in [5, 5.41) is 3.68. The molecule has 1 aromatic carbocycles. The van der Waals surface area contributed by atoms with E-state index in [1.54, 1.807) is 0 Å². The van der Waals surface area contributed by atoms with Gasteiger partial charge >= 0.3 is 0 Å². The molecule has 1 N–H and O–H groups in total. The highest BCUT2D eigenvalue weighted by atomic mass is 35.5. The lowest BCUT2D eigenvalue weighted by atomic mass is 9.83. The van der Waals surface area contributed by atoms with Crippen molar-refractivity contribution in [2.45, 2.75) is 44.2 Å². The molecule has 4 rings (SSSR count). The third-order valence-electron chi connectivity index (χ3n) is 5.23. The van der Waals surface area contributed by atoms with E-state index in [0.717, 1.165) is 42.0 Å². The molecule has 5 heteroatoms. The Hall–Kier alpha value is -1.55. The number of rotatable bonds is 1. The summed E-state index contributed by atoms with van der Waals surface area (Å²) in [4.78, 5) is 26.1. The van der Waals surface area contributed by atoms with Crippen LogP contribution in [0.15, 0.2) is 18.2 Å². The van der Waals surface area contributed by atoms with Crippen LogP contribution in [0.5, 0.6) is 0 Å². The number of benzene rings is 1. The first-order valence-electron chi connectivity index (χ1n) is 7.40. The summed E-state index contributed by atoms with van der Waals surface area (Å²) in [6.45, 7) is 1.52. The molecule has 2 aliphatic heterocycles. The van der Waals surface area contributed by atoms with Gasteiger partial charge in [-0.25, -0.2) is 0 Å². The Balaban J connectivity index is 1.73. The second-order valence-corrected chi connectivity index (χ2v) is 6.93. The highest BCUT2D eigenvalue weighted by Crippen LogP contribution is 2.54. The van der Waals surface area contributed by atoms with E-state index in [-0.39, 0.29) is 29.3 Å². The Labute approximate surface area is 128 Å². The molecule has 0 radical (unpaired) electrons. The number of carbonyl (C=O) groups is 2. The Morgan fingerprint density at radius 1 is 1.43 bits per heavy atom. The van der Waals surface area contributed by atoms with Gasteiger partial charge in [-0.15, -0.1) is 0 Å². The molecule has 110 valence electrons. The Morgan fingerprint density at radius 3 is 3.00 bits per heavy atom. The smallest absolute Gasteiger partial charge is 0.232 e. The average Bonchev–Trinajstić information content (AvgIpc) is 2.90. The molecule has 1 spiro atoms. The number of aryl methyl sites for hydroxylation is 1. The van der Waals surface area contributed by atoms with Crippen molar-refractivity contribution in [2.24, 2.45) is 5.92 Å². The van der Waals surface area contributed by atoms with Crippen molar-refractivity contribution in [3.63, 3.8) is 0 Å². The minimum absolute atomic E-state index is 0.0000928. The third kappa shape index (κ3) is 1.75. The SMILES string of the molecule is CC(=O)N[C@H]1C[C@]23CCc4cc(Cl)ccc4N2C(=O)[C@H]1C3. The molecule has 21 heavy (non-hydrogen) atoms. The van der Waals surface area contributed by atoms with Gasteiger partial charge in [-0.2, -0.15) is 0 Å². The van der Waals surface area contributed by atoms with Gasteiger partial charge in [0.2, 0.25) is 11.8 Å². The summed E-state index contributed by atoms with van der Waals surface area (Å²) in [7, 11) is 0. The zero-order valence-corrected chi connectivity index (χ0v) is 12.6. The van der Waals surface area contributed by atoms with Crippen LogP contribution in [0.3, 0.4) is 0 Å². The zero-order valence-electron chi connectivity index (χ0n) is 11.9. The molecular formula is C16H17ClN2O2. The van der Waals surface area contributed by atoms with Gasteiger partial charge in [0, 0.05) is 23.7 Å². The first-order valence-corrected chi connectivity index (χ1v) is 7.78. The highest BCUT2D eigenvalue weighted by Gasteiger charge is 2.61. The molecule has 2 bridgehead atoms. The van der Waals surface area contributed by atoms with E-state index in [0.29, 0.717) is 0 Å². The quantitative estimate of drug-likeness (QED) is 0.865. The topological polar surface area (TPSA) is 49.4 Å². The highest BCUT2D eigenvalue weighted by molar-refractivity contribution is 6.30. The molecule has 0 aromatic heterocycles. The maximum absolute atomic E-state index is 12.8. The summed E-state index contributed by atoms with van der Waals surface area (Å²) < 4.78 is 0. The van der Waals surface area contributed by atoms with Crippen LogP contribution < -0.4 is 10.2 Å². The number of carbonyl (C=O) groups excluding carboxylic acids is 2. The standard InChI is InChI=1S/C16H17ClN2O2/c1-9(20)18-13-8-16-5-4-10-6-11(17)2-3-14(10)19(16)15(21)12(13)7-16/h2-3,6,12-13H,4-5,7-8H2,1H3,(H,18,20)/t12-,13-,16+/m0/s1. The first-order chi connectivity index (χ1) is 10.00. The van der Waals surface area contributed by atoms with Crippen molar-refractivity contribution in [1.29, 1.82) is 0 Å². The van der Waals surface area contributed by atoms with Crippen LogP contribution in [0.1, 0.15) is 31.7 Å². The van der Waals surface area contributed by atoms with Gasteiger partial charge in [0.25, 0.3) is 0 Å². The molecule has 2 heterocycles. The van der Waals surface area contributed by atoms with Crippen molar-refractivity contribution < 1.29 is 9.59 Å². The molecule has 1 aliphatic carbocycles. The van der Waals surface area contributed by atoms with Gasteiger partial charge in [0.15, 0.2) is 0 Å². The maximum atomic E-state index is 12.8. The van der Waals surface area contributed by atoms with Gasteiger partial charge < -0.3 is 10.2 Å². The molecular weight excluding hydrogens is 288 g/mol. The third-order valence-corrected chi connectivity index (χ3v) is 5.46. The predicted molar refractivity (Wildman–Crippen MR) is 80.3 cm³/mol. The second-order valence-electron chi connectivity index (χ2n) is 6.49. The first kappa shape index (κ1) is 13.1. The van der Waals surface area contributed by atoms with Crippen LogP contribution in [-0.2, 0) is 16.0 Å².